The van der Waals surface area contributed by atoms with Gasteiger partial charge in [0.2, 0.25) is 5.91 Å². The second kappa shape index (κ2) is 15.3. The number of carbonyl (C=O) groups is 3. The summed E-state index contributed by atoms with van der Waals surface area (Å²) in [5.41, 5.74) is 1.61. The normalized spacial score (nSPS) is 11.9. The van der Waals surface area contributed by atoms with Gasteiger partial charge in [-0.1, -0.05) is 83.7 Å². The molecule has 0 spiro atoms. The molecule has 0 saturated carbocycles. The topological polar surface area (TPSA) is 87.3 Å². The molecule has 0 aliphatic rings. The summed E-state index contributed by atoms with van der Waals surface area (Å²) in [5.74, 6) is -1.30. The maximum absolute atomic E-state index is 13.5. The smallest absolute Gasteiger partial charge is 0.272 e. The van der Waals surface area contributed by atoms with E-state index in [1.54, 1.807) is 84.9 Å². The van der Waals surface area contributed by atoms with Gasteiger partial charge >= 0.3 is 0 Å². The van der Waals surface area contributed by atoms with Crippen LogP contribution in [0.5, 0.6) is 0 Å². The molecule has 0 aromatic heterocycles. The number of halogens is 4. The molecule has 43 heavy (non-hydrogen) atoms. The summed E-state index contributed by atoms with van der Waals surface area (Å²) in [7, 11) is 0. The first kappa shape index (κ1) is 32.5. The summed E-state index contributed by atoms with van der Waals surface area (Å²) in [6, 6.07) is 25.3. The molecule has 0 radical (unpaired) electrons. The molecule has 0 bridgehead atoms. The molecule has 3 N–H and O–H groups in total. The third-order valence-electron chi connectivity index (χ3n) is 6.04. The molecule has 4 rings (SSSR count). The van der Waals surface area contributed by atoms with Crippen LogP contribution in [0.4, 0.5) is 11.4 Å². The first-order chi connectivity index (χ1) is 20.6. The molecule has 0 fully saturated rings. The van der Waals surface area contributed by atoms with Crippen LogP contribution in [-0.2, 0) is 9.59 Å². The Bertz CT molecular complexity index is 1660. The van der Waals surface area contributed by atoms with E-state index in [-0.39, 0.29) is 11.6 Å². The minimum absolute atomic E-state index is 0.0624. The molecule has 11 heteroatoms. The fourth-order valence-corrected chi connectivity index (χ4v) is 5.85. The van der Waals surface area contributed by atoms with Crippen LogP contribution in [0.2, 0.25) is 20.1 Å². The zero-order valence-electron chi connectivity index (χ0n) is 22.7. The Morgan fingerprint density at radius 3 is 2.16 bits per heavy atom. The molecule has 0 saturated heterocycles. The van der Waals surface area contributed by atoms with Crippen molar-refractivity contribution in [2.75, 3.05) is 10.6 Å². The van der Waals surface area contributed by atoms with Crippen LogP contribution in [0.1, 0.15) is 29.3 Å². The SMILES string of the molecule is CCC(Sc1cccc(NC(=O)/C(=C\c2c(Cl)cccc2Cl)NC(=O)c2ccccc2)c1)C(=O)Nc1ccc(Cl)cc1Cl. The Morgan fingerprint density at radius 1 is 0.791 bits per heavy atom. The van der Waals surface area contributed by atoms with Gasteiger partial charge < -0.3 is 16.0 Å². The molecule has 0 aliphatic carbocycles. The Hall–Kier alpha value is -3.46. The van der Waals surface area contributed by atoms with Crippen molar-refractivity contribution in [1.29, 1.82) is 0 Å². The van der Waals surface area contributed by atoms with Crippen LogP contribution in [-0.4, -0.2) is 23.0 Å². The number of benzene rings is 4. The molecule has 6 nitrogen and oxygen atoms in total. The summed E-state index contributed by atoms with van der Waals surface area (Å²) < 4.78 is 0. The third kappa shape index (κ3) is 9.02. The van der Waals surface area contributed by atoms with Gasteiger partial charge in [-0.2, -0.15) is 0 Å². The standard InChI is InChI=1S/C32H25Cl4N3O3S/c1-2-29(32(42)38-27-15-14-20(33)16-26(27)36)43-22-11-6-10-21(17-22)37-31(41)28(18-23-24(34)12-7-13-25(23)35)39-30(40)19-8-4-3-5-9-19/h3-18,29H,2H2,1H3,(H,37,41)(H,38,42)(H,39,40)/b28-18+. The van der Waals surface area contributed by atoms with E-state index in [0.717, 1.165) is 4.90 Å². The highest BCUT2D eigenvalue weighted by atomic mass is 35.5. The van der Waals surface area contributed by atoms with Crippen LogP contribution in [0.25, 0.3) is 6.08 Å². The Balaban J connectivity index is 1.53. The number of hydrogen-bond acceptors (Lipinski definition) is 4. The lowest BCUT2D eigenvalue weighted by Crippen LogP contribution is -2.30. The van der Waals surface area contributed by atoms with Gasteiger partial charge in [0.05, 0.1) is 16.0 Å². The lowest BCUT2D eigenvalue weighted by molar-refractivity contribution is -0.116. The maximum Gasteiger partial charge on any atom is 0.272 e. The predicted molar refractivity (Wildman–Crippen MR) is 178 cm³/mol. The lowest BCUT2D eigenvalue weighted by Gasteiger charge is -2.16. The van der Waals surface area contributed by atoms with Crippen molar-refractivity contribution in [2.45, 2.75) is 23.5 Å². The van der Waals surface area contributed by atoms with Crippen LogP contribution in [0.15, 0.2) is 102 Å². The molecule has 3 amide bonds. The lowest BCUT2D eigenvalue weighted by atomic mass is 10.1. The molecular formula is C32H25Cl4N3O3S. The van der Waals surface area contributed by atoms with E-state index in [0.29, 0.717) is 49.0 Å². The van der Waals surface area contributed by atoms with Gasteiger partial charge in [0.15, 0.2) is 0 Å². The molecular weight excluding hydrogens is 648 g/mol. The van der Waals surface area contributed by atoms with Gasteiger partial charge in [0.1, 0.15) is 5.70 Å². The molecule has 1 atom stereocenters. The van der Waals surface area contributed by atoms with Crippen LogP contribution >= 0.6 is 58.2 Å². The van der Waals surface area contributed by atoms with Gasteiger partial charge in [0, 0.05) is 36.8 Å². The van der Waals surface area contributed by atoms with E-state index >= 15 is 0 Å². The molecule has 0 heterocycles. The van der Waals surface area contributed by atoms with Crippen molar-refractivity contribution in [3.8, 4) is 0 Å². The van der Waals surface area contributed by atoms with Gasteiger partial charge in [-0.15, -0.1) is 11.8 Å². The fourth-order valence-electron chi connectivity index (χ4n) is 3.87. The maximum atomic E-state index is 13.5. The Kier molecular flexibility index (Phi) is 11.6. The van der Waals surface area contributed by atoms with Crippen molar-refractivity contribution in [3.05, 3.63) is 128 Å². The molecule has 220 valence electrons. The highest BCUT2D eigenvalue weighted by Gasteiger charge is 2.20. The molecule has 4 aromatic rings. The average molecular weight is 673 g/mol. The number of thioether (sulfide) groups is 1. The highest BCUT2D eigenvalue weighted by molar-refractivity contribution is 8.00. The van der Waals surface area contributed by atoms with E-state index in [9.17, 15) is 14.4 Å². The summed E-state index contributed by atoms with van der Waals surface area (Å²) in [6.07, 6.45) is 1.97. The first-order valence-electron chi connectivity index (χ1n) is 13.0. The van der Waals surface area contributed by atoms with E-state index < -0.39 is 17.1 Å². The monoisotopic (exact) mass is 671 g/mol. The minimum Gasteiger partial charge on any atom is -0.324 e. The molecule has 0 aliphatic heterocycles. The van der Waals surface area contributed by atoms with Crippen LogP contribution in [0.3, 0.4) is 0 Å². The number of anilines is 2. The highest BCUT2D eigenvalue weighted by Crippen LogP contribution is 2.31. The van der Waals surface area contributed by atoms with Crippen molar-refractivity contribution in [1.82, 2.24) is 5.32 Å². The largest absolute Gasteiger partial charge is 0.324 e. The van der Waals surface area contributed by atoms with Crippen molar-refractivity contribution in [3.63, 3.8) is 0 Å². The van der Waals surface area contributed by atoms with E-state index in [1.165, 1.54) is 17.8 Å². The second-order valence-electron chi connectivity index (χ2n) is 9.12. The van der Waals surface area contributed by atoms with Crippen molar-refractivity contribution in [2.24, 2.45) is 0 Å². The number of carbonyl (C=O) groups excluding carboxylic acids is 3. The summed E-state index contributed by atoms with van der Waals surface area (Å²) >= 11 is 26.2. The summed E-state index contributed by atoms with van der Waals surface area (Å²) in [6.45, 7) is 1.90. The first-order valence-corrected chi connectivity index (χ1v) is 15.4. The van der Waals surface area contributed by atoms with Crippen molar-refractivity contribution >= 4 is 93.3 Å². The van der Waals surface area contributed by atoms with Gasteiger partial charge in [-0.25, -0.2) is 0 Å². The number of rotatable bonds is 10. The summed E-state index contributed by atoms with van der Waals surface area (Å²) in [4.78, 5) is 40.2. The molecule has 4 aromatic carbocycles. The Labute approximate surface area is 273 Å². The van der Waals surface area contributed by atoms with E-state index in [1.807, 2.05) is 13.0 Å². The van der Waals surface area contributed by atoms with E-state index in [2.05, 4.69) is 16.0 Å². The van der Waals surface area contributed by atoms with Gasteiger partial charge in [-0.3, -0.25) is 14.4 Å². The van der Waals surface area contributed by atoms with Crippen molar-refractivity contribution < 1.29 is 14.4 Å². The van der Waals surface area contributed by atoms with Crippen LogP contribution < -0.4 is 16.0 Å². The number of amides is 3. The Morgan fingerprint density at radius 2 is 1.49 bits per heavy atom. The van der Waals surface area contributed by atoms with Crippen LogP contribution in [0, 0.1) is 0 Å². The van der Waals surface area contributed by atoms with E-state index in [4.69, 9.17) is 46.4 Å². The fraction of sp³-hybridized carbons (Fsp3) is 0.0938. The quantitative estimate of drug-likeness (QED) is 0.116. The number of nitrogens with one attached hydrogen (secondary N) is 3. The molecule has 1 unspecified atom stereocenters. The zero-order chi connectivity index (χ0) is 30.9. The predicted octanol–water partition coefficient (Wildman–Crippen LogP) is 9.22. The third-order valence-corrected chi connectivity index (χ3v) is 8.60. The number of hydrogen-bond donors (Lipinski definition) is 3. The zero-order valence-corrected chi connectivity index (χ0v) is 26.5. The van der Waals surface area contributed by atoms with Gasteiger partial charge in [0.25, 0.3) is 11.8 Å². The second-order valence-corrected chi connectivity index (χ2v) is 12.1. The summed E-state index contributed by atoms with van der Waals surface area (Å²) in [5, 5.41) is 9.33. The van der Waals surface area contributed by atoms with Gasteiger partial charge in [-0.05, 0) is 73.2 Å². The minimum atomic E-state index is -0.593. The average Bonchev–Trinajstić information content (AvgIpc) is 2.99.